The molecule has 2 atom stereocenters. The number of carbonyl (C=O) groups excluding carboxylic acids is 1. The lowest BCUT2D eigenvalue weighted by atomic mass is 9.91. The van der Waals surface area contributed by atoms with Gasteiger partial charge in [-0.2, -0.15) is 0 Å². The van der Waals surface area contributed by atoms with Gasteiger partial charge in [0.25, 0.3) is 11.6 Å². The first-order valence-corrected chi connectivity index (χ1v) is 6.92. The highest BCUT2D eigenvalue weighted by Crippen LogP contribution is 2.24. The van der Waals surface area contributed by atoms with E-state index in [1.165, 1.54) is 6.07 Å². The normalized spacial score (nSPS) is 22.6. The summed E-state index contributed by atoms with van der Waals surface area (Å²) in [5, 5.41) is 11.0. The van der Waals surface area contributed by atoms with Crippen molar-refractivity contribution in [1.29, 1.82) is 0 Å². The van der Waals surface area contributed by atoms with Crippen molar-refractivity contribution in [1.82, 2.24) is 4.90 Å². The summed E-state index contributed by atoms with van der Waals surface area (Å²) in [6.07, 6.45) is 1.12. The van der Waals surface area contributed by atoms with Crippen LogP contribution in [0, 0.1) is 28.9 Å². The third-order valence-corrected chi connectivity index (χ3v) is 3.81. The first-order chi connectivity index (χ1) is 9.38. The second kappa shape index (κ2) is 5.61. The number of hydrogen-bond donors (Lipinski definition) is 0. The van der Waals surface area contributed by atoms with Crippen LogP contribution in [0.2, 0.25) is 0 Å². The summed E-state index contributed by atoms with van der Waals surface area (Å²) >= 11 is 0. The minimum atomic E-state index is -0.437. The zero-order chi connectivity index (χ0) is 14.9. The van der Waals surface area contributed by atoms with Crippen LogP contribution in [-0.4, -0.2) is 28.8 Å². The van der Waals surface area contributed by atoms with Crippen molar-refractivity contribution < 1.29 is 9.72 Å². The van der Waals surface area contributed by atoms with Gasteiger partial charge in [0.05, 0.1) is 4.92 Å². The highest BCUT2D eigenvalue weighted by atomic mass is 16.6. The van der Waals surface area contributed by atoms with Crippen molar-refractivity contribution in [2.75, 3.05) is 13.1 Å². The predicted molar refractivity (Wildman–Crippen MR) is 76.7 cm³/mol. The van der Waals surface area contributed by atoms with E-state index in [2.05, 4.69) is 13.8 Å². The average Bonchev–Trinajstić information content (AvgIpc) is 2.37. The fraction of sp³-hybridized carbons (Fsp3) is 0.533. The van der Waals surface area contributed by atoms with Crippen LogP contribution in [0.15, 0.2) is 18.2 Å². The number of aryl methyl sites for hydroxylation is 1. The molecule has 0 aromatic heterocycles. The second-order valence-corrected chi connectivity index (χ2v) is 5.91. The Kier molecular flexibility index (Phi) is 4.06. The van der Waals surface area contributed by atoms with Crippen LogP contribution >= 0.6 is 0 Å². The van der Waals surface area contributed by atoms with E-state index >= 15 is 0 Å². The molecule has 5 heteroatoms. The molecule has 0 radical (unpaired) electrons. The van der Waals surface area contributed by atoms with Gasteiger partial charge in [-0.3, -0.25) is 14.9 Å². The van der Waals surface area contributed by atoms with Gasteiger partial charge in [0.15, 0.2) is 0 Å². The molecule has 0 N–H and O–H groups in total. The molecule has 108 valence electrons. The summed E-state index contributed by atoms with van der Waals surface area (Å²) in [4.78, 5) is 24.8. The monoisotopic (exact) mass is 276 g/mol. The van der Waals surface area contributed by atoms with Gasteiger partial charge >= 0.3 is 0 Å². The van der Waals surface area contributed by atoms with Crippen LogP contribution in [0.25, 0.3) is 0 Å². The van der Waals surface area contributed by atoms with Crippen LogP contribution < -0.4 is 0 Å². The Hall–Kier alpha value is -1.91. The van der Waals surface area contributed by atoms with Gasteiger partial charge in [-0.1, -0.05) is 19.9 Å². The number of piperidine rings is 1. The van der Waals surface area contributed by atoms with Crippen LogP contribution in [0.1, 0.15) is 36.2 Å². The van der Waals surface area contributed by atoms with Gasteiger partial charge in [-0.25, -0.2) is 0 Å². The molecule has 20 heavy (non-hydrogen) atoms. The zero-order valence-electron chi connectivity index (χ0n) is 12.1. The molecular formula is C15H20N2O3. The van der Waals surface area contributed by atoms with E-state index in [1.807, 2.05) is 4.90 Å². The summed E-state index contributed by atoms with van der Waals surface area (Å²) in [5.41, 5.74) is 0.990. The summed E-state index contributed by atoms with van der Waals surface area (Å²) in [6, 6.07) is 4.71. The van der Waals surface area contributed by atoms with E-state index in [0.717, 1.165) is 19.5 Å². The van der Waals surface area contributed by atoms with E-state index in [0.29, 0.717) is 23.0 Å². The fourth-order valence-corrected chi connectivity index (χ4v) is 2.95. The molecule has 0 bridgehead atoms. The Balaban J connectivity index is 2.25. The summed E-state index contributed by atoms with van der Waals surface area (Å²) < 4.78 is 0. The molecule has 0 spiro atoms. The van der Waals surface area contributed by atoms with Gasteiger partial charge in [0.1, 0.15) is 0 Å². The molecule has 1 aliphatic rings. The van der Waals surface area contributed by atoms with E-state index < -0.39 is 4.92 Å². The highest BCUT2D eigenvalue weighted by Gasteiger charge is 2.27. The second-order valence-electron chi connectivity index (χ2n) is 5.91. The topological polar surface area (TPSA) is 63.5 Å². The lowest BCUT2D eigenvalue weighted by molar-refractivity contribution is -0.385. The number of rotatable bonds is 2. The van der Waals surface area contributed by atoms with E-state index in [9.17, 15) is 14.9 Å². The third-order valence-electron chi connectivity index (χ3n) is 3.81. The molecular weight excluding hydrogens is 256 g/mol. The van der Waals surface area contributed by atoms with E-state index in [-0.39, 0.29) is 11.6 Å². The predicted octanol–water partition coefficient (Wildman–Crippen LogP) is 3.02. The Morgan fingerprint density at radius 3 is 2.45 bits per heavy atom. The van der Waals surface area contributed by atoms with Crippen molar-refractivity contribution in [2.24, 2.45) is 11.8 Å². The number of nitrogens with zero attached hydrogens (tertiary/aromatic N) is 2. The minimum absolute atomic E-state index is 0.00829. The van der Waals surface area contributed by atoms with Crippen LogP contribution in [0.4, 0.5) is 5.69 Å². The van der Waals surface area contributed by atoms with Crippen molar-refractivity contribution in [2.45, 2.75) is 27.2 Å². The first kappa shape index (κ1) is 14.5. The SMILES string of the molecule is Cc1ccc(C(=O)N2C[C@H](C)C[C@H](C)C2)cc1[N+](=O)[O-]. The number of hydrogen-bond acceptors (Lipinski definition) is 3. The number of benzene rings is 1. The summed E-state index contributed by atoms with van der Waals surface area (Å²) in [7, 11) is 0. The molecule has 1 aromatic carbocycles. The van der Waals surface area contributed by atoms with Crippen LogP contribution in [0.3, 0.4) is 0 Å². The molecule has 2 rings (SSSR count). The molecule has 1 heterocycles. The number of likely N-dealkylation sites (tertiary alicyclic amines) is 1. The highest BCUT2D eigenvalue weighted by molar-refractivity contribution is 5.95. The van der Waals surface area contributed by atoms with Gasteiger partial charge < -0.3 is 4.90 Å². The van der Waals surface area contributed by atoms with E-state index in [1.54, 1.807) is 19.1 Å². The lowest BCUT2D eigenvalue weighted by Crippen LogP contribution is -2.42. The zero-order valence-corrected chi connectivity index (χ0v) is 12.1. The third kappa shape index (κ3) is 2.98. The van der Waals surface area contributed by atoms with Crippen molar-refractivity contribution >= 4 is 11.6 Å². The van der Waals surface area contributed by atoms with Crippen molar-refractivity contribution in [3.05, 3.63) is 39.4 Å². The molecule has 5 nitrogen and oxygen atoms in total. The summed E-state index contributed by atoms with van der Waals surface area (Å²) in [6.45, 7) is 7.40. The molecule has 1 saturated heterocycles. The molecule has 0 saturated carbocycles. The molecule has 0 aliphatic carbocycles. The Labute approximate surface area is 118 Å². The maximum atomic E-state index is 12.5. The first-order valence-electron chi connectivity index (χ1n) is 6.92. The Bertz CT molecular complexity index is 532. The van der Waals surface area contributed by atoms with Gasteiger partial charge in [-0.05, 0) is 31.2 Å². The maximum Gasteiger partial charge on any atom is 0.273 e. The summed E-state index contributed by atoms with van der Waals surface area (Å²) in [5.74, 6) is 0.845. The maximum absolute atomic E-state index is 12.5. The Morgan fingerprint density at radius 1 is 1.30 bits per heavy atom. The van der Waals surface area contributed by atoms with Crippen molar-refractivity contribution in [3.63, 3.8) is 0 Å². The van der Waals surface area contributed by atoms with Crippen LogP contribution in [0.5, 0.6) is 0 Å². The number of carbonyl (C=O) groups is 1. The largest absolute Gasteiger partial charge is 0.338 e. The van der Waals surface area contributed by atoms with Crippen LogP contribution in [-0.2, 0) is 0 Å². The molecule has 1 aliphatic heterocycles. The van der Waals surface area contributed by atoms with Gasteiger partial charge in [-0.15, -0.1) is 0 Å². The van der Waals surface area contributed by atoms with E-state index in [4.69, 9.17) is 0 Å². The molecule has 1 aromatic rings. The average molecular weight is 276 g/mol. The quantitative estimate of drug-likeness (QED) is 0.616. The standard InChI is InChI=1S/C15H20N2O3/c1-10-6-11(2)9-16(8-10)15(18)13-5-4-12(3)14(7-13)17(19)20/h4-5,7,10-11H,6,8-9H2,1-3H3/t10-,11+. The number of amides is 1. The number of nitro benzene ring substituents is 1. The Morgan fingerprint density at radius 2 is 1.90 bits per heavy atom. The number of nitro groups is 1. The van der Waals surface area contributed by atoms with Gasteiger partial charge in [0.2, 0.25) is 0 Å². The lowest BCUT2D eigenvalue weighted by Gasteiger charge is -2.35. The molecule has 0 unspecified atom stereocenters. The fourth-order valence-electron chi connectivity index (χ4n) is 2.95. The molecule has 1 amide bonds. The van der Waals surface area contributed by atoms with Gasteiger partial charge in [0, 0.05) is 30.3 Å². The smallest absolute Gasteiger partial charge is 0.273 e. The molecule has 1 fully saturated rings. The van der Waals surface area contributed by atoms with Crippen molar-refractivity contribution in [3.8, 4) is 0 Å². The minimum Gasteiger partial charge on any atom is -0.338 e.